The Bertz CT molecular complexity index is 1270. The van der Waals surface area contributed by atoms with Crippen LogP contribution in [0.4, 0.5) is 5.69 Å². The standard InChI is InChI=1S/C27H35N3O4S/c1-27(2,3)24-16-19(23-8-7-13-29-26(23)34-5)14-20(25(24)33-4)15-21(17-28)18-9-11-22(12-10-18)30-35(6,31)32/h7-14,16,21,30H,15,17,28H2,1-6H3. The molecule has 0 fully saturated rings. The van der Waals surface area contributed by atoms with Gasteiger partial charge in [-0.15, -0.1) is 0 Å². The number of aromatic nitrogens is 1. The summed E-state index contributed by atoms with van der Waals surface area (Å²) in [6.07, 6.45) is 3.50. The zero-order valence-corrected chi connectivity index (χ0v) is 22.1. The lowest BCUT2D eigenvalue weighted by Crippen LogP contribution is -2.18. The minimum Gasteiger partial charge on any atom is -0.496 e. The van der Waals surface area contributed by atoms with Gasteiger partial charge in [-0.05, 0) is 71.5 Å². The molecule has 1 aromatic heterocycles. The molecule has 0 radical (unpaired) electrons. The van der Waals surface area contributed by atoms with Crippen molar-refractivity contribution >= 4 is 15.7 Å². The molecule has 1 atom stereocenters. The van der Waals surface area contributed by atoms with Gasteiger partial charge in [-0.25, -0.2) is 13.4 Å². The van der Waals surface area contributed by atoms with E-state index in [9.17, 15) is 8.42 Å². The SMILES string of the molecule is COc1ncccc1-c1cc(CC(CN)c2ccc(NS(C)(=O)=O)cc2)c(OC)c(C(C)(C)C)c1. The molecule has 0 aliphatic rings. The first-order valence-corrected chi connectivity index (χ1v) is 13.3. The molecule has 0 amide bonds. The molecule has 0 aliphatic carbocycles. The van der Waals surface area contributed by atoms with Crippen LogP contribution in [0.5, 0.6) is 11.6 Å². The average molecular weight is 498 g/mol. The van der Waals surface area contributed by atoms with Crippen molar-refractivity contribution in [1.82, 2.24) is 4.98 Å². The zero-order chi connectivity index (χ0) is 25.8. The molecule has 0 aliphatic heterocycles. The van der Waals surface area contributed by atoms with E-state index in [0.717, 1.165) is 39.8 Å². The second kappa shape index (κ2) is 10.7. The minimum atomic E-state index is -3.34. The van der Waals surface area contributed by atoms with Crippen LogP contribution in [0.25, 0.3) is 11.1 Å². The Morgan fingerprint density at radius 1 is 1.06 bits per heavy atom. The van der Waals surface area contributed by atoms with Gasteiger partial charge in [0, 0.05) is 28.9 Å². The molecular weight excluding hydrogens is 462 g/mol. The first kappa shape index (κ1) is 26.5. The third kappa shape index (κ3) is 6.52. The highest BCUT2D eigenvalue weighted by Crippen LogP contribution is 2.41. The third-order valence-electron chi connectivity index (χ3n) is 5.89. The summed E-state index contributed by atoms with van der Waals surface area (Å²) in [6.45, 7) is 6.90. The molecule has 8 heteroatoms. The fourth-order valence-corrected chi connectivity index (χ4v) is 4.77. The first-order valence-electron chi connectivity index (χ1n) is 11.5. The maximum atomic E-state index is 11.5. The van der Waals surface area contributed by atoms with Crippen LogP contribution in [-0.2, 0) is 21.9 Å². The maximum Gasteiger partial charge on any atom is 0.229 e. The van der Waals surface area contributed by atoms with E-state index in [4.69, 9.17) is 15.2 Å². The molecule has 7 nitrogen and oxygen atoms in total. The van der Waals surface area contributed by atoms with Gasteiger partial charge in [0.2, 0.25) is 15.9 Å². The predicted octanol–water partition coefficient (Wildman–Crippen LogP) is 4.72. The number of benzene rings is 2. The number of methoxy groups -OCH3 is 2. The van der Waals surface area contributed by atoms with Crippen molar-refractivity contribution in [3.8, 4) is 22.8 Å². The van der Waals surface area contributed by atoms with E-state index in [1.54, 1.807) is 32.5 Å². The summed E-state index contributed by atoms with van der Waals surface area (Å²) in [7, 11) is -0.0210. The van der Waals surface area contributed by atoms with Crippen LogP contribution in [0, 0.1) is 0 Å². The van der Waals surface area contributed by atoms with Gasteiger partial charge in [0.1, 0.15) is 5.75 Å². The molecule has 3 aromatic rings. The number of nitrogens with two attached hydrogens (primary N) is 1. The summed E-state index contributed by atoms with van der Waals surface area (Å²) in [5, 5.41) is 0. The van der Waals surface area contributed by atoms with E-state index in [1.807, 2.05) is 24.3 Å². The Labute approximate surface area is 208 Å². The van der Waals surface area contributed by atoms with Crippen LogP contribution < -0.4 is 19.9 Å². The summed E-state index contributed by atoms with van der Waals surface area (Å²) in [4.78, 5) is 4.37. The third-order valence-corrected chi connectivity index (χ3v) is 6.50. The topological polar surface area (TPSA) is 104 Å². The lowest BCUT2D eigenvalue weighted by Gasteiger charge is -2.27. The van der Waals surface area contributed by atoms with E-state index in [1.165, 1.54) is 0 Å². The highest BCUT2D eigenvalue weighted by atomic mass is 32.2. The van der Waals surface area contributed by atoms with Crippen LogP contribution in [0.1, 0.15) is 43.4 Å². The number of nitrogens with one attached hydrogen (secondary N) is 1. The monoisotopic (exact) mass is 497 g/mol. The molecule has 3 N–H and O–H groups in total. The average Bonchev–Trinajstić information content (AvgIpc) is 2.81. The number of hydrogen-bond acceptors (Lipinski definition) is 6. The van der Waals surface area contributed by atoms with Gasteiger partial charge in [-0.1, -0.05) is 32.9 Å². The van der Waals surface area contributed by atoms with Crippen molar-refractivity contribution < 1.29 is 17.9 Å². The molecule has 3 rings (SSSR count). The molecule has 0 saturated carbocycles. The van der Waals surface area contributed by atoms with Gasteiger partial charge < -0.3 is 15.2 Å². The fraction of sp³-hybridized carbons (Fsp3) is 0.370. The molecule has 0 spiro atoms. The highest BCUT2D eigenvalue weighted by molar-refractivity contribution is 7.92. The van der Waals surface area contributed by atoms with Crippen LogP contribution in [0.2, 0.25) is 0 Å². The van der Waals surface area contributed by atoms with E-state index >= 15 is 0 Å². The van der Waals surface area contributed by atoms with Gasteiger partial charge in [0.05, 0.1) is 20.5 Å². The second-order valence-electron chi connectivity index (χ2n) is 9.66. The smallest absolute Gasteiger partial charge is 0.229 e. The molecule has 188 valence electrons. The van der Waals surface area contributed by atoms with Crippen molar-refractivity contribution in [1.29, 1.82) is 0 Å². The molecule has 0 bridgehead atoms. The van der Waals surface area contributed by atoms with Gasteiger partial charge in [-0.2, -0.15) is 0 Å². The number of ether oxygens (including phenoxy) is 2. The van der Waals surface area contributed by atoms with E-state index in [2.05, 4.69) is 42.6 Å². The lowest BCUT2D eigenvalue weighted by molar-refractivity contribution is 0.391. The second-order valence-corrected chi connectivity index (χ2v) is 11.4. The number of hydrogen-bond donors (Lipinski definition) is 2. The number of sulfonamides is 1. The van der Waals surface area contributed by atoms with Gasteiger partial charge in [0.15, 0.2) is 0 Å². The van der Waals surface area contributed by atoms with Crippen LogP contribution in [0.15, 0.2) is 54.7 Å². The zero-order valence-electron chi connectivity index (χ0n) is 21.3. The fourth-order valence-electron chi connectivity index (χ4n) is 4.21. The summed E-state index contributed by atoms with van der Waals surface area (Å²) >= 11 is 0. The number of anilines is 1. The van der Waals surface area contributed by atoms with Crippen molar-refractivity contribution in [3.63, 3.8) is 0 Å². The van der Waals surface area contributed by atoms with Crippen molar-refractivity contribution in [3.05, 3.63) is 71.4 Å². The Morgan fingerprint density at radius 3 is 2.29 bits per heavy atom. The van der Waals surface area contributed by atoms with Crippen LogP contribution in [-0.4, -0.2) is 40.4 Å². The largest absolute Gasteiger partial charge is 0.496 e. The van der Waals surface area contributed by atoms with E-state index in [-0.39, 0.29) is 11.3 Å². The van der Waals surface area contributed by atoms with Gasteiger partial charge in [-0.3, -0.25) is 4.72 Å². The van der Waals surface area contributed by atoms with Gasteiger partial charge in [0.25, 0.3) is 0 Å². The minimum absolute atomic E-state index is 0.00930. The van der Waals surface area contributed by atoms with Crippen molar-refractivity contribution in [2.75, 3.05) is 31.7 Å². The number of nitrogens with zero attached hydrogens (tertiary/aromatic N) is 1. The molecular formula is C27H35N3O4S. The summed E-state index contributed by atoms with van der Waals surface area (Å²) in [5.41, 5.74) is 11.6. The predicted molar refractivity (Wildman–Crippen MR) is 142 cm³/mol. The number of pyridine rings is 1. The summed E-state index contributed by atoms with van der Waals surface area (Å²) in [6, 6.07) is 15.5. The van der Waals surface area contributed by atoms with E-state index in [0.29, 0.717) is 24.5 Å². The maximum absolute atomic E-state index is 11.5. The normalized spacial score (nSPS) is 12.8. The van der Waals surface area contributed by atoms with Crippen LogP contribution >= 0.6 is 0 Å². The Hall–Kier alpha value is -3.10. The molecule has 1 heterocycles. The molecule has 1 unspecified atom stereocenters. The molecule has 0 saturated heterocycles. The van der Waals surface area contributed by atoms with E-state index < -0.39 is 10.0 Å². The highest BCUT2D eigenvalue weighted by Gasteiger charge is 2.25. The molecule has 35 heavy (non-hydrogen) atoms. The Kier molecular flexibility index (Phi) is 8.07. The van der Waals surface area contributed by atoms with Crippen molar-refractivity contribution in [2.45, 2.75) is 38.5 Å². The summed E-state index contributed by atoms with van der Waals surface area (Å²) in [5.74, 6) is 1.42. The molecule has 2 aromatic carbocycles. The Balaban J connectivity index is 2.08. The number of rotatable bonds is 9. The lowest BCUT2D eigenvalue weighted by atomic mass is 9.81. The van der Waals surface area contributed by atoms with Crippen molar-refractivity contribution in [2.24, 2.45) is 5.73 Å². The first-order chi connectivity index (χ1) is 16.5. The van der Waals surface area contributed by atoms with Crippen LogP contribution in [0.3, 0.4) is 0 Å². The Morgan fingerprint density at radius 2 is 1.74 bits per heavy atom. The summed E-state index contributed by atoms with van der Waals surface area (Å²) < 4.78 is 37.0. The quantitative estimate of drug-likeness (QED) is 0.443. The van der Waals surface area contributed by atoms with Gasteiger partial charge >= 0.3 is 0 Å².